The van der Waals surface area contributed by atoms with Crippen molar-refractivity contribution < 1.29 is 9.90 Å². The van der Waals surface area contributed by atoms with Crippen molar-refractivity contribution in [1.82, 2.24) is 19.7 Å². The molecule has 23 heavy (non-hydrogen) atoms. The number of hydrogen-bond acceptors (Lipinski definition) is 4. The predicted molar refractivity (Wildman–Crippen MR) is 88.5 cm³/mol. The molecule has 0 bridgehead atoms. The van der Waals surface area contributed by atoms with Gasteiger partial charge in [-0.3, -0.25) is 4.79 Å². The van der Waals surface area contributed by atoms with Crippen molar-refractivity contribution >= 4 is 16.9 Å². The molecular formula is C17H24N4O2. The van der Waals surface area contributed by atoms with E-state index in [0.717, 1.165) is 16.7 Å². The molecule has 3 rings (SSSR count). The molecule has 1 aliphatic rings. The van der Waals surface area contributed by atoms with Crippen molar-refractivity contribution in [2.75, 3.05) is 13.1 Å². The summed E-state index contributed by atoms with van der Waals surface area (Å²) in [5.41, 5.74) is 2.29. The van der Waals surface area contributed by atoms with Crippen molar-refractivity contribution in [2.45, 2.75) is 52.2 Å². The van der Waals surface area contributed by atoms with Crippen LogP contribution >= 0.6 is 0 Å². The first kappa shape index (κ1) is 15.9. The average molecular weight is 316 g/mol. The van der Waals surface area contributed by atoms with E-state index in [1.54, 1.807) is 11.1 Å². The first-order valence-electron chi connectivity index (χ1n) is 8.24. The zero-order valence-corrected chi connectivity index (χ0v) is 14.2. The topological polar surface area (TPSA) is 71.2 Å². The fourth-order valence-electron chi connectivity index (χ4n) is 2.98. The van der Waals surface area contributed by atoms with Crippen molar-refractivity contribution in [1.29, 1.82) is 0 Å². The highest BCUT2D eigenvalue weighted by Gasteiger charge is 2.28. The van der Waals surface area contributed by atoms with Gasteiger partial charge in [-0.05, 0) is 32.3 Å². The van der Waals surface area contributed by atoms with Crippen LogP contribution in [0.4, 0.5) is 0 Å². The summed E-state index contributed by atoms with van der Waals surface area (Å²) in [6.07, 6.45) is 1.95. The van der Waals surface area contributed by atoms with Crippen LogP contribution in [0.5, 0.6) is 0 Å². The van der Waals surface area contributed by atoms with Gasteiger partial charge in [0.1, 0.15) is 0 Å². The molecule has 2 aromatic heterocycles. The lowest BCUT2D eigenvalue weighted by atomic mass is 10.0. The Hall–Kier alpha value is -1.95. The fourth-order valence-corrected chi connectivity index (χ4v) is 2.98. The molecule has 1 N–H and O–H groups in total. The predicted octanol–water partition coefficient (Wildman–Crippen LogP) is 2.34. The van der Waals surface area contributed by atoms with E-state index in [9.17, 15) is 9.90 Å². The molecule has 0 radical (unpaired) electrons. The van der Waals surface area contributed by atoms with Gasteiger partial charge in [0, 0.05) is 24.8 Å². The van der Waals surface area contributed by atoms with Gasteiger partial charge in [0.2, 0.25) is 0 Å². The van der Waals surface area contributed by atoms with E-state index in [1.807, 2.05) is 10.7 Å². The third-order valence-corrected chi connectivity index (χ3v) is 4.35. The van der Waals surface area contributed by atoms with Gasteiger partial charge in [0.05, 0.1) is 23.3 Å². The Balaban J connectivity index is 2.13. The monoisotopic (exact) mass is 316 g/mol. The van der Waals surface area contributed by atoms with Crippen LogP contribution in [0.3, 0.4) is 0 Å². The highest BCUT2D eigenvalue weighted by molar-refractivity contribution is 6.05. The van der Waals surface area contributed by atoms with Crippen LogP contribution in [-0.2, 0) is 0 Å². The van der Waals surface area contributed by atoms with Crippen LogP contribution in [0.1, 0.15) is 62.1 Å². The van der Waals surface area contributed by atoms with Gasteiger partial charge in [-0.2, -0.15) is 5.10 Å². The number of pyridine rings is 1. The smallest absolute Gasteiger partial charge is 0.254 e. The van der Waals surface area contributed by atoms with Crippen molar-refractivity contribution in [3.63, 3.8) is 0 Å². The van der Waals surface area contributed by atoms with Crippen molar-refractivity contribution in [2.24, 2.45) is 0 Å². The maximum absolute atomic E-state index is 12.9. The number of nitrogens with zero attached hydrogens (tertiary/aromatic N) is 4. The molecule has 6 nitrogen and oxygen atoms in total. The number of carbonyl (C=O) groups is 1. The summed E-state index contributed by atoms with van der Waals surface area (Å²) in [6, 6.07) is 2.06. The SMILES string of the molecule is CC(C)c1cc(C(=O)N2CC[C@@H](O)C2)c2cnn(C(C)C)c2n1. The Morgan fingerprint density at radius 3 is 2.65 bits per heavy atom. The van der Waals surface area contributed by atoms with E-state index in [0.29, 0.717) is 25.1 Å². The maximum Gasteiger partial charge on any atom is 0.254 e. The number of aromatic nitrogens is 3. The summed E-state index contributed by atoms with van der Waals surface area (Å²) in [7, 11) is 0. The number of aliphatic hydroxyl groups excluding tert-OH is 1. The van der Waals surface area contributed by atoms with Crippen LogP contribution < -0.4 is 0 Å². The molecular weight excluding hydrogens is 292 g/mol. The first-order valence-corrected chi connectivity index (χ1v) is 8.24. The third-order valence-electron chi connectivity index (χ3n) is 4.35. The number of likely N-dealkylation sites (tertiary alicyclic amines) is 1. The Morgan fingerprint density at radius 2 is 2.09 bits per heavy atom. The van der Waals surface area contributed by atoms with E-state index in [2.05, 4.69) is 32.8 Å². The second-order valence-corrected chi connectivity index (χ2v) is 6.86. The molecule has 2 aromatic rings. The van der Waals surface area contributed by atoms with Crippen LogP contribution in [0.2, 0.25) is 0 Å². The van der Waals surface area contributed by atoms with Crippen molar-refractivity contribution in [3.8, 4) is 0 Å². The Kier molecular flexibility index (Phi) is 4.10. The number of hydrogen-bond donors (Lipinski definition) is 1. The summed E-state index contributed by atoms with van der Waals surface area (Å²) < 4.78 is 1.86. The van der Waals surface area contributed by atoms with Gasteiger partial charge in [0.15, 0.2) is 5.65 Å². The van der Waals surface area contributed by atoms with Gasteiger partial charge in [-0.25, -0.2) is 9.67 Å². The number of fused-ring (bicyclic) bond motifs is 1. The first-order chi connectivity index (χ1) is 10.9. The molecule has 0 unspecified atom stereocenters. The molecule has 1 atom stereocenters. The number of carbonyl (C=O) groups excluding carboxylic acids is 1. The molecule has 0 aliphatic carbocycles. The lowest BCUT2D eigenvalue weighted by molar-refractivity contribution is 0.0766. The molecule has 1 saturated heterocycles. The second kappa shape index (κ2) is 5.92. The van der Waals surface area contributed by atoms with Crippen LogP contribution in [0.25, 0.3) is 11.0 Å². The minimum atomic E-state index is -0.417. The van der Waals surface area contributed by atoms with E-state index in [4.69, 9.17) is 4.98 Å². The minimum absolute atomic E-state index is 0.0424. The summed E-state index contributed by atoms with van der Waals surface area (Å²) in [5, 5.41) is 14.9. The number of rotatable bonds is 3. The van der Waals surface area contributed by atoms with Gasteiger partial charge >= 0.3 is 0 Å². The average Bonchev–Trinajstić information content (AvgIpc) is 3.11. The molecule has 6 heteroatoms. The standard InChI is InChI=1S/C17H24N4O2/c1-10(2)15-7-13(17(23)20-6-5-12(22)9-20)14-8-18-21(11(3)4)16(14)19-15/h7-8,10-12,22H,5-6,9H2,1-4H3/t12-/m1/s1. The summed E-state index contributed by atoms with van der Waals surface area (Å²) >= 11 is 0. The van der Waals surface area contributed by atoms with Crippen LogP contribution in [0.15, 0.2) is 12.3 Å². The lowest BCUT2D eigenvalue weighted by Gasteiger charge is -2.17. The summed E-state index contributed by atoms with van der Waals surface area (Å²) in [4.78, 5) is 19.3. The highest BCUT2D eigenvalue weighted by Crippen LogP contribution is 2.26. The minimum Gasteiger partial charge on any atom is -0.391 e. The second-order valence-electron chi connectivity index (χ2n) is 6.86. The molecule has 0 spiro atoms. The van der Waals surface area contributed by atoms with Gasteiger partial charge in [0.25, 0.3) is 5.91 Å². The van der Waals surface area contributed by atoms with Gasteiger partial charge in [-0.1, -0.05) is 13.8 Å². The summed E-state index contributed by atoms with van der Waals surface area (Å²) in [5.74, 6) is 0.185. The zero-order valence-electron chi connectivity index (χ0n) is 14.2. The van der Waals surface area contributed by atoms with Crippen LogP contribution in [-0.4, -0.2) is 49.9 Å². The normalized spacial score (nSPS) is 18.6. The maximum atomic E-state index is 12.9. The molecule has 124 valence electrons. The van der Waals surface area contributed by atoms with Gasteiger partial charge in [-0.15, -0.1) is 0 Å². The third kappa shape index (κ3) is 2.83. The zero-order chi connectivity index (χ0) is 16.7. The Morgan fingerprint density at radius 1 is 1.35 bits per heavy atom. The molecule has 0 aromatic carbocycles. The van der Waals surface area contributed by atoms with E-state index < -0.39 is 6.10 Å². The number of amides is 1. The largest absolute Gasteiger partial charge is 0.391 e. The van der Waals surface area contributed by atoms with Crippen LogP contribution in [0, 0.1) is 0 Å². The van der Waals surface area contributed by atoms with Crippen molar-refractivity contribution in [3.05, 3.63) is 23.5 Å². The Bertz CT molecular complexity index is 736. The molecule has 1 aliphatic heterocycles. The summed E-state index contributed by atoms with van der Waals surface area (Å²) in [6.45, 7) is 9.23. The lowest BCUT2D eigenvalue weighted by Crippen LogP contribution is -2.30. The number of aliphatic hydroxyl groups is 1. The Labute approximate surface area is 136 Å². The van der Waals surface area contributed by atoms with Gasteiger partial charge < -0.3 is 10.0 Å². The molecule has 0 saturated carbocycles. The van der Waals surface area contributed by atoms with E-state index in [1.165, 1.54) is 0 Å². The molecule has 1 amide bonds. The molecule has 1 fully saturated rings. The fraction of sp³-hybridized carbons (Fsp3) is 0.588. The quantitative estimate of drug-likeness (QED) is 0.943. The van der Waals surface area contributed by atoms with E-state index >= 15 is 0 Å². The van der Waals surface area contributed by atoms with E-state index in [-0.39, 0.29) is 17.9 Å². The highest BCUT2D eigenvalue weighted by atomic mass is 16.3. The molecule has 3 heterocycles. The number of β-amino-alcohol motifs (C(OH)–C–C–N with tert-alkyl or cyclic N) is 1.